The third-order valence-corrected chi connectivity index (χ3v) is 5.51. The van der Waals surface area contributed by atoms with Crippen molar-refractivity contribution in [3.05, 3.63) is 72.0 Å². The lowest BCUT2D eigenvalue weighted by Crippen LogP contribution is -2.14. The topological polar surface area (TPSA) is 50.7 Å². The second-order valence-electron chi connectivity index (χ2n) is 5.87. The van der Waals surface area contributed by atoms with Gasteiger partial charge in [0.05, 0.1) is 14.2 Å². The number of phenolic OH excluding ortho intramolecular Hbond substituents is 1. The van der Waals surface area contributed by atoms with Gasteiger partial charge in [-0.1, -0.05) is 32.8 Å². The minimum absolute atomic E-state index is 0.0722. The molecule has 0 saturated heterocycles. The molecule has 3 aromatic carbocycles. The largest absolute Gasteiger partial charge is 0.504 e. The van der Waals surface area contributed by atoms with Crippen LogP contribution in [0.3, 0.4) is 0 Å². The Balaban J connectivity index is 1.89. The molecule has 0 aliphatic carbocycles. The highest BCUT2D eigenvalue weighted by Gasteiger charge is 2.14. The number of nitrogens with one attached hydrogen (secondary N) is 1. The van der Waals surface area contributed by atoms with Crippen LogP contribution in [0.2, 0.25) is 0 Å². The summed E-state index contributed by atoms with van der Waals surface area (Å²) >= 11 is 0. The van der Waals surface area contributed by atoms with Gasteiger partial charge in [0.15, 0.2) is 11.5 Å². The fourth-order valence-electron chi connectivity index (χ4n) is 2.68. The van der Waals surface area contributed by atoms with Crippen molar-refractivity contribution in [1.29, 1.82) is 0 Å². The van der Waals surface area contributed by atoms with E-state index in [1.165, 1.54) is 19.2 Å². The van der Waals surface area contributed by atoms with Crippen molar-refractivity contribution in [1.82, 2.24) is 0 Å². The molecular weight excluding hydrogens is 364 g/mol. The van der Waals surface area contributed by atoms with E-state index in [1.807, 2.05) is 30.3 Å². The van der Waals surface area contributed by atoms with Crippen LogP contribution in [-0.4, -0.2) is 19.3 Å². The number of ether oxygens (including phenoxy) is 2. The van der Waals surface area contributed by atoms with Crippen LogP contribution in [0.25, 0.3) is 0 Å². The molecule has 0 bridgehead atoms. The zero-order chi connectivity index (χ0) is 19.2. The summed E-state index contributed by atoms with van der Waals surface area (Å²) in [5.74, 6) is 0.727. The number of aromatic hydroxyl groups is 1. The average Bonchev–Trinajstić information content (AvgIpc) is 2.70. The lowest BCUT2D eigenvalue weighted by Gasteiger charge is -2.15. The standard InChI is InChI=1S/C21H21FNO3P/c1-25-17-11-18(26-2)21(24)20(12-17)27-19-9-8-15(22)10-14(19)13-23-16-6-4-3-5-7-16/h3-12,23-24,27H,13H2,1-2H3. The van der Waals surface area contributed by atoms with Gasteiger partial charge < -0.3 is 19.9 Å². The molecular formula is C21H21FNO3P. The highest BCUT2D eigenvalue weighted by molar-refractivity contribution is 7.55. The van der Waals surface area contributed by atoms with Gasteiger partial charge in [0.1, 0.15) is 11.6 Å². The van der Waals surface area contributed by atoms with E-state index in [0.29, 0.717) is 23.3 Å². The molecule has 27 heavy (non-hydrogen) atoms. The molecule has 0 spiro atoms. The van der Waals surface area contributed by atoms with Gasteiger partial charge in [0.2, 0.25) is 0 Å². The second-order valence-corrected chi connectivity index (χ2v) is 7.20. The Bertz CT molecular complexity index is 919. The van der Waals surface area contributed by atoms with Gasteiger partial charge in [0.25, 0.3) is 0 Å². The van der Waals surface area contributed by atoms with Crippen molar-refractivity contribution >= 4 is 24.9 Å². The monoisotopic (exact) mass is 385 g/mol. The first-order valence-corrected chi connectivity index (χ1v) is 9.40. The molecule has 3 rings (SSSR count). The Morgan fingerprint density at radius 1 is 0.963 bits per heavy atom. The lowest BCUT2D eigenvalue weighted by atomic mass is 10.2. The predicted octanol–water partition coefficient (Wildman–Crippen LogP) is 3.79. The van der Waals surface area contributed by atoms with E-state index in [1.54, 1.807) is 25.3 Å². The lowest BCUT2D eigenvalue weighted by molar-refractivity contribution is 0.366. The van der Waals surface area contributed by atoms with Gasteiger partial charge in [-0.15, -0.1) is 0 Å². The molecule has 6 heteroatoms. The molecule has 140 valence electrons. The van der Waals surface area contributed by atoms with Crippen molar-refractivity contribution in [2.45, 2.75) is 6.54 Å². The third kappa shape index (κ3) is 4.69. The predicted molar refractivity (Wildman–Crippen MR) is 109 cm³/mol. The van der Waals surface area contributed by atoms with E-state index >= 15 is 0 Å². The highest BCUT2D eigenvalue weighted by atomic mass is 31.1. The summed E-state index contributed by atoms with van der Waals surface area (Å²) in [5, 5.41) is 15.4. The van der Waals surface area contributed by atoms with Gasteiger partial charge >= 0.3 is 0 Å². The van der Waals surface area contributed by atoms with Gasteiger partial charge in [-0.2, -0.15) is 0 Å². The fourth-order valence-corrected chi connectivity index (χ4v) is 3.91. The Morgan fingerprint density at radius 2 is 1.74 bits per heavy atom. The van der Waals surface area contributed by atoms with Crippen molar-refractivity contribution < 1.29 is 19.0 Å². The molecule has 0 saturated carbocycles. The molecule has 0 amide bonds. The quantitative estimate of drug-likeness (QED) is 0.608. The minimum atomic E-state index is -0.291. The Labute approximate surface area is 159 Å². The molecule has 0 aliphatic rings. The molecule has 0 fully saturated rings. The van der Waals surface area contributed by atoms with Gasteiger partial charge in [-0.05, 0) is 41.2 Å². The Hall–Kier alpha value is -2.78. The van der Waals surface area contributed by atoms with Crippen molar-refractivity contribution in [2.75, 3.05) is 19.5 Å². The number of hydrogen-bond donors (Lipinski definition) is 2. The number of benzene rings is 3. The number of anilines is 1. The SMILES string of the molecule is COc1cc(OC)c(O)c(Pc2ccc(F)cc2CNc2ccccc2)c1. The van der Waals surface area contributed by atoms with E-state index in [-0.39, 0.29) is 20.1 Å². The summed E-state index contributed by atoms with van der Waals surface area (Å²) in [6, 6.07) is 17.9. The number of rotatable bonds is 7. The summed E-state index contributed by atoms with van der Waals surface area (Å²) in [6.45, 7) is 0.478. The van der Waals surface area contributed by atoms with E-state index in [9.17, 15) is 9.50 Å². The fraction of sp³-hybridized carbons (Fsp3) is 0.143. The van der Waals surface area contributed by atoms with Crippen LogP contribution >= 0.6 is 8.58 Å². The zero-order valence-electron chi connectivity index (χ0n) is 15.1. The molecule has 0 aromatic heterocycles. The number of hydrogen-bond acceptors (Lipinski definition) is 4. The summed E-state index contributed by atoms with van der Waals surface area (Å²) in [5.41, 5.74) is 1.79. The van der Waals surface area contributed by atoms with Gasteiger partial charge in [0, 0.05) is 23.6 Å². The number of phenols is 1. The summed E-state index contributed by atoms with van der Waals surface area (Å²) in [4.78, 5) is 0. The van der Waals surface area contributed by atoms with Crippen molar-refractivity contribution in [3.63, 3.8) is 0 Å². The highest BCUT2D eigenvalue weighted by Crippen LogP contribution is 2.33. The molecule has 0 radical (unpaired) electrons. The van der Waals surface area contributed by atoms with E-state index in [2.05, 4.69) is 5.32 Å². The number of methoxy groups -OCH3 is 2. The Kier molecular flexibility index (Phi) is 6.15. The number of halogens is 1. The molecule has 3 aromatic rings. The van der Waals surface area contributed by atoms with Gasteiger partial charge in [-0.3, -0.25) is 0 Å². The van der Waals surface area contributed by atoms with E-state index in [0.717, 1.165) is 16.6 Å². The van der Waals surface area contributed by atoms with Crippen molar-refractivity contribution in [3.8, 4) is 17.2 Å². The molecule has 0 aliphatic heterocycles. The minimum Gasteiger partial charge on any atom is -0.504 e. The molecule has 1 atom stereocenters. The summed E-state index contributed by atoms with van der Waals surface area (Å²) in [6.07, 6.45) is 0. The van der Waals surface area contributed by atoms with Crippen LogP contribution in [-0.2, 0) is 6.54 Å². The molecule has 4 nitrogen and oxygen atoms in total. The molecule has 2 N–H and O–H groups in total. The smallest absolute Gasteiger partial charge is 0.165 e. The Morgan fingerprint density at radius 3 is 2.44 bits per heavy atom. The second kappa shape index (κ2) is 8.74. The average molecular weight is 385 g/mol. The first-order chi connectivity index (χ1) is 13.1. The van der Waals surface area contributed by atoms with E-state index in [4.69, 9.17) is 9.47 Å². The summed E-state index contributed by atoms with van der Waals surface area (Å²) < 4.78 is 24.3. The maximum atomic E-state index is 13.8. The molecule has 0 heterocycles. The third-order valence-electron chi connectivity index (χ3n) is 4.10. The van der Waals surface area contributed by atoms with Crippen molar-refractivity contribution in [2.24, 2.45) is 0 Å². The van der Waals surface area contributed by atoms with Crippen LogP contribution in [0.5, 0.6) is 17.2 Å². The van der Waals surface area contributed by atoms with Crippen LogP contribution in [0.1, 0.15) is 5.56 Å². The number of para-hydroxylation sites is 1. The summed E-state index contributed by atoms with van der Waals surface area (Å²) in [7, 11) is 3.18. The first kappa shape index (κ1) is 19.0. The van der Waals surface area contributed by atoms with Crippen LogP contribution in [0.4, 0.5) is 10.1 Å². The van der Waals surface area contributed by atoms with Gasteiger partial charge in [-0.25, -0.2) is 4.39 Å². The van der Waals surface area contributed by atoms with Crippen LogP contribution in [0, 0.1) is 5.82 Å². The maximum Gasteiger partial charge on any atom is 0.165 e. The van der Waals surface area contributed by atoms with Crippen LogP contribution < -0.4 is 25.4 Å². The maximum absolute atomic E-state index is 13.8. The zero-order valence-corrected chi connectivity index (χ0v) is 16.1. The molecule has 1 unspecified atom stereocenters. The normalized spacial score (nSPS) is 10.9. The van der Waals surface area contributed by atoms with E-state index < -0.39 is 0 Å². The first-order valence-electron chi connectivity index (χ1n) is 8.40. The van der Waals surface area contributed by atoms with Crippen LogP contribution in [0.15, 0.2) is 60.7 Å².